The van der Waals surface area contributed by atoms with E-state index in [4.69, 9.17) is 0 Å². The summed E-state index contributed by atoms with van der Waals surface area (Å²) in [6.07, 6.45) is 5.82. The molecule has 10 nitrogen and oxygen atoms in total. The SMILES string of the molecule is Cc1cc(N2[C@@H]3CC[C@H]2CC(CNC(=O)c2ccc(=O)[nH]n2)C3)n2ncnc2n1. The van der Waals surface area contributed by atoms with Crippen molar-refractivity contribution in [1.29, 1.82) is 0 Å². The first-order valence-electron chi connectivity index (χ1n) is 9.88. The molecule has 0 aliphatic carbocycles. The van der Waals surface area contributed by atoms with Crippen LogP contribution in [-0.2, 0) is 0 Å². The number of anilines is 1. The summed E-state index contributed by atoms with van der Waals surface area (Å²) in [6, 6.07) is 5.65. The molecule has 150 valence electrons. The van der Waals surface area contributed by atoms with Gasteiger partial charge in [-0.05, 0) is 44.6 Å². The van der Waals surface area contributed by atoms with Crippen LogP contribution in [0.3, 0.4) is 0 Å². The average molecular weight is 394 g/mol. The van der Waals surface area contributed by atoms with Crippen LogP contribution in [0.2, 0.25) is 0 Å². The molecule has 3 atom stereocenters. The number of hydrogen-bond donors (Lipinski definition) is 2. The minimum absolute atomic E-state index is 0.228. The van der Waals surface area contributed by atoms with Gasteiger partial charge in [0.25, 0.3) is 17.2 Å². The topological polar surface area (TPSA) is 121 Å². The van der Waals surface area contributed by atoms with Crippen molar-refractivity contribution in [3.05, 3.63) is 46.3 Å². The first-order valence-corrected chi connectivity index (χ1v) is 9.88. The molecule has 0 saturated carbocycles. The van der Waals surface area contributed by atoms with Crippen LogP contribution in [0.1, 0.15) is 41.9 Å². The Balaban J connectivity index is 1.29. The van der Waals surface area contributed by atoms with Gasteiger partial charge in [-0.1, -0.05) is 0 Å². The second-order valence-corrected chi connectivity index (χ2v) is 7.87. The minimum atomic E-state index is -0.321. The quantitative estimate of drug-likeness (QED) is 0.668. The maximum Gasteiger partial charge on any atom is 0.271 e. The van der Waals surface area contributed by atoms with Crippen molar-refractivity contribution in [2.24, 2.45) is 5.92 Å². The van der Waals surface area contributed by atoms with Gasteiger partial charge in [0.15, 0.2) is 0 Å². The highest BCUT2D eigenvalue weighted by atomic mass is 16.2. The van der Waals surface area contributed by atoms with Gasteiger partial charge in [-0.15, -0.1) is 0 Å². The summed E-state index contributed by atoms with van der Waals surface area (Å²) >= 11 is 0. The van der Waals surface area contributed by atoms with E-state index in [2.05, 4.69) is 41.5 Å². The summed E-state index contributed by atoms with van der Waals surface area (Å²) in [5, 5.41) is 13.4. The van der Waals surface area contributed by atoms with Gasteiger partial charge in [-0.2, -0.15) is 19.7 Å². The molecule has 10 heteroatoms. The lowest BCUT2D eigenvalue weighted by Crippen LogP contribution is -2.46. The van der Waals surface area contributed by atoms with Gasteiger partial charge in [0, 0.05) is 36.5 Å². The van der Waals surface area contributed by atoms with Crippen molar-refractivity contribution < 1.29 is 4.79 Å². The molecule has 1 amide bonds. The van der Waals surface area contributed by atoms with E-state index in [0.717, 1.165) is 37.2 Å². The number of nitrogens with one attached hydrogen (secondary N) is 2. The van der Waals surface area contributed by atoms with E-state index in [9.17, 15) is 9.59 Å². The lowest BCUT2D eigenvalue weighted by molar-refractivity contribution is 0.0937. The van der Waals surface area contributed by atoms with E-state index in [-0.39, 0.29) is 17.2 Å². The number of aromatic amines is 1. The molecule has 2 bridgehead atoms. The average Bonchev–Trinajstić information content (AvgIpc) is 3.28. The molecule has 0 spiro atoms. The Bertz CT molecular complexity index is 1090. The van der Waals surface area contributed by atoms with Gasteiger partial charge < -0.3 is 10.2 Å². The summed E-state index contributed by atoms with van der Waals surface area (Å²) in [6.45, 7) is 2.59. The van der Waals surface area contributed by atoms with Crippen molar-refractivity contribution in [3.8, 4) is 0 Å². The highest BCUT2D eigenvalue weighted by Crippen LogP contribution is 2.41. The number of amides is 1. The molecular weight excluding hydrogens is 372 g/mol. The Labute approximate surface area is 166 Å². The second kappa shape index (κ2) is 6.94. The number of nitrogens with zero attached hydrogens (tertiary/aromatic N) is 6. The Morgan fingerprint density at radius 2 is 2.07 bits per heavy atom. The zero-order chi connectivity index (χ0) is 20.0. The number of fused-ring (bicyclic) bond motifs is 3. The molecule has 2 saturated heterocycles. The van der Waals surface area contributed by atoms with Crippen molar-refractivity contribution in [1.82, 2.24) is 35.1 Å². The molecule has 29 heavy (non-hydrogen) atoms. The fourth-order valence-corrected chi connectivity index (χ4v) is 4.72. The smallest absolute Gasteiger partial charge is 0.271 e. The third-order valence-corrected chi connectivity index (χ3v) is 5.92. The van der Waals surface area contributed by atoms with E-state index in [1.165, 1.54) is 12.1 Å². The highest BCUT2D eigenvalue weighted by molar-refractivity contribution is 5.91. The van der Waals surface area contributed by atoms with Crippen molar-refractivity contribution >= 4 is 17.5 Å². The van der Waals surface area contributed by atoms with E-state index in [1.54, 1.807) is 6.33 Å². The Morgan fingerprint density at radius 1 is 1.28 bits per heavy atom. The van der Waals surface area contributed by atoms with Gasteiger partial charge in [0.05, 0.1) is 0 Å². The molecule has 1 unspecified atom stereocenters. The molecule has 2 fully saturated rings. The summed E-state index contributed by atoms with van der Waals surface area (Å²) < 4.78 is 1.82. The summed E-state index contributed by atoms with van der Waals surface area (Å²) in [7, 11) is 0. The number of aromatic nitrogens is 6. The van der Waals surface area contributed by atoms with E-state index >= 15 is 0 Å². The van der Waals surface area contributed by atoms with E-state index in [1.807, 2.05) is 11.4 Å². The fourth-order valence-electron chi connectivity index (χ4n) is 4.72. The Morgan fingerprint density at radius 3 is 2.79 bits per heavy atom. The number of aryl methyl sites for hydroxylation is 1. The van der Waals surface area contributed by atoms with Crippen LogP contribution in [0, 0.1) is 12.8 Å². The molecule has 5 heterocycles. The molecule has 0 aromatic carbocycles. The Kier molecular flexibility index (Phi) is 4.26. The normalized spacial score (nSPS) is 23.5. The first kappa shape index (κ1) is 17.8. The molecule has 3 aromatic heterocycles. The largest absolute Gasteiger partial charge is 0.350 e. The lowest BCUT2D eigenvalue weighted by atomic mass is 9.90. The maximum absolute atomic E-state index is 12.3. The first-order chi connectivity index (χ1) is 14.1. The fraction of sp³-hybridized carbons (Fsp3) is 0.474. The third-order valence-electron chi connectivity index (χ3n) is 5.92. The van der Waals surface area contributed by atoms with Crippen LogP contribution >= 0.6 is 0 Å². The van der Waals surface area contributed by atoms with Crippen molar-refractivity contribution in [2.75, 3.05) is 11.4 Å². The number of carbonyl (C=O) groups is 1. The van der Waals surface area contributed by atoms with Crippen LogP contribution in [0.4, 0.5) is 5.82 Å². The monoisotopic (exact) mass is 394 g/mol. The predicted octanol–water partition coefficient (Wildman–Crippen LogP) is 0.693. The lowest BCUT2D eigenvalue weighted by Gasteiger charge is -2.40. The van der Waals surface area contributed by atoms with Crippen LogP contribution in [0.25, 0.3) is 5.78 Å². The summed E-state index contributed by atoms with van der Waals surface area (Å²) in [5.41, 5.74) is 0.840. The number of rotatable bonds is 4. The van der Waals surface area contributed by atoms with E-state index < -0.39 is 0 Å². The summed E-state index contributed by atoms with van der Waals surface area (Å²) in [4.78, 5) is 34.5. The van der Waals surface area contributed by atoms with Crippen LogP contribution < -0.4 is 15.8 Å². The number of H-pyrrole nitrogens is 1. The molecule has 5 rings (SSSR count). The summed E-state index contributed by atoms with van der Waals surface area (Å²) in [5.74, 6) is 1.83. The van der Waals surface area contributed by atoms with Gasteiger partial charge in [0.2, 0.25) is 0 Å². The van der Waals surface area contributed by atoms with E-state index in [0.29, 0.717) is 30.3 Å². The second-order valence-electron chi connectivity index (χ2n) is 7.87. The number of hydrogen-bond acceptors (Lipinski definition) is 7. The van der Waals surface area contributed by atoms with Gasteiger partial charge in [0.1, 0.15) is 17.8 Å². The zero-order valence-electron chi connectivity index (χ0n) is 16.1. The molecule has 2 aliphatic heterocycles. The zero-order valence-corrected chi connectivity index (χ0v) is 16.1. The number of piperidine rings is 1. The minimum Gasteiger partial charge on any atom is -0.350 e. The molecule has 0 radical (unpaired) electrons. The van der Waals surface area contributed by atoms with Gasteiger partial charge >= 0.3 is 0 Å². The number of carbonyl (C=O) groups excluding carboxylic acids is 1. The van der Waals surface area contributed by atoms with Crippen molar-refractivity contribution in [2.45, 2.75) is 44.7 Å². The van der Waals surface area contributed by atoms with Crippen molar-refractivity contribution in [3.63, 3.8) is 0 Å². The molecular formula is C19H22N8O2. The Hall–Kier alpha value is -3.30. The molecule has 2 aliphatic rings. The molecule has 3 aromatic rings. The van der Waals surface area contributed by atoms with Gasteiger partial charge in [-0.3, -0.25) is 9.59 Å². The predicted molar refractivity (Wildman–Crippen MR) is 105 cm³/mol. The highest BCUT2D eigenvalue weighted by Gasteiger charge is 2.42. The standard InChI is InChI=1S/C19H22N8O2/c1-11-6-17(27-19(23-11)21-10-22-27)26-13-2-3-14(26)8-12(7-13)9-20-18(29)15-4-5-16(28)25-24-15/h4-6,10,12-14H,2-3,7-9H2,1H3,(H,20,29)(H,25,28)/t12?,13-,14+. The van der Waals surface area contributed by atoms with Crippen LogP contribution in [-0.4, -0.2) is 54.3 Å². The maximum atomic E-state index is 12.3. The van der Waals surface area contributed by atoms with Crippen LogP contribution in [0.5, 0.6) is 0 Å². The van der Waals surface area contributed by atoms with Gasteiger partial charge in [-0.25, -0.2) is 10.1 Å². The molecule has 2 N–H and O–H groups in total. The third kappa shape index (κ3) is 3.24. The van der Waals surface area contributed by atoms with Crippen LogP contribution in [0.15, 0.2) is 29.3 Å².